The summed E-state index contributed by atoms with van der Waals surface area (Å²) in [6.45, 7) is 4.47. The molecule has 38 heavy (non-hydrogen) atoms. The molecule has 3 aromatic carbocycles. The summed E-state index contributed by atoms with van der Waals surface area (Å²) in [6, 6.07) is 32.4. The predicted molar refractivity (Wildman–Crippen MR) is 149 cm³/mol. The molecule has 4 aromatic rings. The van der Waals surface area contributed by atoms with Gasteiger partial charge >= 0.3 is 0 Å². The van der Waals surface area contributed by atoms with E-state index >= 15 is 0 Å². The van der Waals surface area contributed by atoms with Gasteiger partial charge in [-0.15, -0.1) is 0 Å². The van der Waals surface area contributed by atoms with E-state index in [4.69, 9.17) is 9.47 Å². The van der Waals surface area contributed by atoms with Crippen molar-refractivity contribution in [1.29, 1.82) is 5.26 Å². The molecule has 1 saturated heterocycles. The molecule has 0 N–H and O–H groups in total. The molecule has 0 atom stereocenters. The predicted octanol–water partition coefficient (Wildman–Crippen LogP) is 5.98. The standard InChI is InChI=1S/C32H29N3O3/c1-2-38-29-15-13-28(14-16-29)35-30(24-9-5-3-6-10-24)22-26(31(35)25-11-7-4-8-12-25)21-27(23-33)32(36)34-17-19-37-20-18-34/h3-16,21-22H,2,17-20H2,1H3/b27-21-. The highest BCUT2D eigenvalue weighted by Crippen LogP contribution is 2.37. The molecule has 5 rings (SSSR count). The quantitative estimate of drug-likeness (QED) is 0.230. The summed E-state index contributed by atoms with van der Waals surface area (Å²) in [6.07, 6.45) is 1.72. The average Bonchev–Trinajstić information content (AvgIpc) is 3.36. The highest BCUT2D eigenvalue weighted by molar-refractivity contribution is 6.03. The molecule has 0 spiro atoms. The summed E-state index contributed by atoms with van der Waals surface area (Å²) < 4.78 is 13.2. The number of hydrogen-bond donors (Lipinski definition) is 0. The average molecular weight is 504 g/mol. The van der Waals surface area contributed by atoms with E-state index in [1.54, 1.807) is 11.0 Å². The van der Waals surface area contributed by atoms with Crippen LogP contribution in [0.2, 0.25) is 0 Å². The minimum atomic E-state index is -0.273. The fourth-order valence-electron chi connectivity index (χ4n) is 4.71. The first kappa shape index (κ1) is 25.1. The Morgan fingerprint density at radius 3 is 2.18 bits per heavy atom. The molecule has 190 valence electrons. The van der Waals surface area contributed by atoms with E-state index in [2.05, 4.69) is 28.8 Å². The van der Waals surface area contributed by atoms with E-state index in [0.29, 0.717) is 32.9 Å². The van der Waals surface area contributed by atoms with Crippen LogP contribution in [0.1, 0.15) is 12.5 Å². The second-order valence-electron chi connectivity index (χ2n) is 8.90. The van der Waals surface area contributed by atoms with Crippen LogP contribution in [0.5, 0.6) is 5.75 Å². The van der Waals surface area contributed by atoms with Crippen LogP contribution < -0.4 is 4.74 Å². The van der Waals surface area contributed by atoms with Gasteiger partial charge in [-0.05, 0) is 54.5 Å². The molecule has 1 fully saturated rings. The summed E-state index contributed by atoms with van der Waals surface area (Å²) >= 11 is 0. The van der Waals surface area contributed by atoms with E-state index in [0.717, 1.165) is 39.5 Å². The molecular formula is C32H29N3O3. The van der Waals surface area contributed by atoms with Gasteiger partial charge in [-0.3, -0.25) is 4.79 Å². The van der Waals surface area contributed by atoms with Gasteiger partial charge in [0, 0.05) is 24.3 Å². The number of hydrogen-bond acceptors (Lipinski definition) is 4. The first-order valence-corrected chi connectivity index (χ1v) is 12.8. The zero-order chi connectivity index (χ0) is 26.3. The second kappa shape index (κ2) is 11.6. The Labute approximate surface area is 223 Å². The molecule has 0 aliphatic carbocycles. The van der Waals surface area contributed by atoms with Crippen LogP contribution in [0.15, 0.2) is 96.6 Å². The zero-order valence-corrected chi connectivity index (χ0v) is 21.3. The summed E-state index contributed by atoms with van der Waals surface area (Å²) in [7, 11) is 0. The number of rotatable bonds is 7. The van der Waals surface area contributed by atoms with Gasteiger partial charge in [0.1, 0.15) is 17.4 Å². The van der Waals surface area contributed by atoms with Crippen LogP contribution in [0, 0.1) is 11.3 Å². The van der Waals surface area contributed by atoms with Crippen molar-refractivity contribution in [1.82, 2.24) is 9.47 Å². The number of nitriles is 1. The molecule has 2 heterocycles. The van der Waals surface area contributed by atoms with Crippen molar-refractivity contribution in [2.45, 2.75) is 6.92 Å². The first-order valence-electron chi connectivity index (χ1n) is 12.8. The van der Waals surface area contributed by atoms with Crippen molar-refractivity contribution in [2.75, 3.05) is 32.9 Å². The lowest BCUT2D eigenvalue weighted by atomic mass is 10.0. The van der Waals surface area contributed by atoms with Crippen molar-refractivity contribution in [3.63, 3.8) is 0 Å². The van der Waals surface area contributed by atoms with Crippen molar-refractivity contribution in [2.24, 2.45) is 0 Å². The molecule has 0 unspecified atom stereocenters. The molecular weight excluding hydrogens is 474 g/mol. The van der Waals surface area contributed by atoms with Gasteiger partial charge in [-0.1, -0.05) is 60.7 Å². The third-order valence-electron chi connectivity index (χ3n) is 6.50. The van der Waals surface area contributed by atoms with Gasteiger partial charge in [0.2, 0.25) is 0 Å². The van der Waals surface area contributed by atoms with E-state index in [1.807, 2.05) is 79.7 Å². The van der Waals surface area contributed by atoms with Crippen LogP contribution in [-0.2, 0) is 9.53 Å². The highest BCUT2D eigenvalue weighted by Gasteiger charge is 2.23. The van der Waals surface area contributed by atoms with Crippen LogP contribution in [0.3, 0.4) is 0 Å². The van der Waals surface area contributed by atoms with E-state index in [1.165, 1.54) is 0 Å². The Bertz CT molecular complexity index is 1460. The van der Waals surface area contributed by atoms with Crippen LogP contribution in [-0.4, -0.2) is 48.3 Å². The number of carbonyl (C=O) groups is 1. The lowest BCUT2D eigenvalue weighted by Crippen LogP contribution is -2.41. The fourth-order valence-corrected chi connectivity index (χ4v) is 4.71. The molecule has 0 radical (unpaired) electrons. The number of nitrogens with zero attached hydrogens (tertiary/aromatic N) is 3. The van der Waals surface area contributed by atoms with Crippen molar-refractivity contribution < 1.29 is 14.3 Å². The van der Waals surface area contributed by atoms with Crippen molar-refractivity contribution >= 4 is 12.0 Å². The SMILES string of the molecule is CCOc1ccc(-n2c(-c3ccccc3)cc(/C=C(/C#N)C(=O)N3CCOCC3)c2-c2ccccc2)cc1. The summed E-state index contributed by atoms with van der Waals surface area (Å²) in [5.74, 6) is 0.527. The third-order valence-corrected chi connectivity index (χ3v) is 6.50. The Kier molecular flexibility index (Phi) is 7.67. The van der Waals surface area contributed by atoms with Gasteiger partial charge in [0.15, 0.2) is 0 Å². The van der Waals surface area contributed by atoms with Crippen LogP contribution >= 0.6 is 0 Å². The zero-order valence-electron chi connectivity index (χ0n) is 21.3. The lowest BCUT2D eigenvalue weighted by Gasteiger charge is -2.26. The van der Waals surface area contributed by atoms with E-state index in [9.17, 15) is 10.1 Å². The maximum absolute atomic E-state index is 13.3. The molecule has 1 aliphatic heterocycles. The normalized spacial score (nSPS) is 13.7. The number of ether oxygens (including phenoxy) is 2. The van der Waals surface area contributed by atoms with Gasteiger partial charge in [-0.2, -0.15) is 5.26 Å². The summed E-state index contributed by atoms with van der Waals surface area (Å²) in [4.78, 5) is 15.0. The summed E-state index contributed by atoms with van der Waals surface area (Å²) in [5, 5.41) is 10.0. The Morgan fingerprint density at radius 2 is 1.58 bits per heavy atom. The topological polar surface area (TPSA) is 67.5 Å². The fraction of sp³-hybridized carbons (Fsp3) is 0.188. The number of aromatic nitrogens is 1. The largest absolute Gasteiger partial charge is 0.494 e. The minimum absolute atomic E-state index is 0.104. The number of carbonyl (C=O) groups excluding carboxylic acids is 1. The van der Waals surface area contributed by atoms with E-state index in [-0.39, 0.29) is 11.5 Å². The summed E-state index contributed by atoms with van der Waals surface area (Å²) in [5.41, 5.74) is 5.70. The highest BCUT2D eigenvalue weighted by atomic mass is 16.5. The number of benzene rings is 3. The van der Waals surface area contributed by atoms with Crippen LogP contribution in [0.4, 0.5) is 0 Å². The minimum Gasteiger partial charge on any atom is -0.494 e. The van der Waals surface area contributed by atoms with Gasteiger partial charge in [0.05, 0.1) is 31.2 Å². The van der Waals surface area contributed by atoms with Crippen molar-refractivity contribution in [3.05, 3.63) is 102 Å². The maximum Gasteiger partial charge on any atom is 0.264 e. The van der Waals surface area contributed by atoms with Gasteiger partial charge in [0.25, 0.3) is 5.91 Å². The Balaban J connectivity index is 1.73. The van der Waals surface area contributed by atoms with Crippen LogP contribution in [0.25, 0.3) is 34.3 Å². The smallest absolute Gasteiger partial charge is 0.264 e. The van der Waals surface area contributed by atoms with Gasteiger partial charge in [-0.25, -0.2) is 0 Å². The Hall–Kier alpha value is -4.60. The molecule has 1 aliphatic rings. The third kappa shape index (κ3) is 5.24. The monoisotopic (exact) mass is 503 g/mol. The van der Waals surface area contributed by atoms with Crippen molar-refractivity contribution in [3.8, 4) is 40.0 Å². The molecule has 1 aromatic heterocycles. The van der Waals surface area contributed by atoms with Gasteiger partial charge < -0.3 is 18.9 Å². The molecule has 6 nitrogen and oxygen atoms in total. The number of amides is 1. The molecule has 0 bridgehead atoms. The molecule has 6 heteroatoms. The molecule has 1 amide bonds. The maximum atomic E-state index is 13.3. The Morgan fingerprint density at radius 1 is 0.947 bits per heavy atom. The van der Waals surface area contributed by atoms with E-state index < -0.39 is 0 Å². The number of morpholine rings is 1. The lowest BCUT2D eigenvalue weighted by molar-refractivity contribution is -0.130. The molecule has 0 saturated carbocycles. The first-order chi connectivity index (χ1) is 18.7. The second-order valence-corrected chi connectivity index (χ2v) is 8.90.